The normalized spacial score (nSPS) is 28.3. The Morgan fingerprint density at radius 2 is 2.10 bits per heavy atom. The van der Waals surface area contributed by atoms with Crippen LogP contribution < -0.4 is 15.4 Å². The van der Waals surface area contributed by atoms with E-state index in [1.165, 1.54) is 0 Å². The van der Waals surface area contributed by atoms with E-state index >= 15 is 0 Å². The van der Waals surface area contributed by atoms with E-state index in [0.29, 0.717) is 13.2 Å². The third kappa shape index (κ3) is 2.59. The summed E-state index contributed by atoms with van der Waals surface area (Å²) in [4.78, 5) is 12.8. The number of rotatable bonds is 2. The minimum absolute atomic E-state index is 0.146. The van der Waals surface area contributed by atoms with Gasteiger partial charge in [0.25, 0.3) is 0 Å². The van der Waals surface area contributed by atoms with Crippen LogP contribution in [0, 0.1) is 11.3 Å². The average Bonchev–Trinajstić information content (AvgIpc) is 2.62. The lowest BCUT2D eigenvalue weighted by Crippen LogP contribution is -2.42. The lowest BCUT2D eigenvalue weighted by Gasteiger charge is -2.36. The van der Waals surface area contributed by atoms with Gasteiger partial charge in [-0.05, 0) is 50.7 Å². The quantitative estimate of drug-likeness (QED) is 0.873. The van der Waals surface area contributed by atoms with Crippen LogP contribution in [0.15, 0.2) is 18.2 Å². The molecule has 1 amide bonds. The Labute approximate surface area is 126 Å². The summed E-state index contributed by atoms with van der Waals surface area (Å²) in [5, 5.41) is 6.59. The molecule has 1 aliphatic heterocycles. The van der Waals surface area contributed by atoms with Crippen molar-refractivity contribution in [3.05, 3.63) is 18.2 Å². The fourth-order valence-electron chi connectivity index (χ4n) is 3.39. The highest BCUT2D eigenvalue weighted by molar-refractivity contribution is 6.01. The topological polar surface area (TPSA) is 50.4 Å². The second kappa shape index (κ2) is 5.58. The molecule has 1 heterocycles. The monoisotopic (exact) mass is 288 g/mol. The lowest BCUT2D eigenvalue weighted by atomic mass is 9.70. The largest absolute Gasteiger partial charge is 0.492 e. The van der Waals surface area contributed by atoms with E-state index in [9.17, 15) is 4.79 Å². The molecule has 1 aromatic rings. The predicted molar refractivity (Wildman–Crippen MR) is 84.8 cm³/mol. The maximum atomic E-state index is 12.8. The van der Waals surface area contributed by atoms with Crippen molar-refractivity contribution in [3.63, 3.8) is 0 Å². The highest BCUT2D eigenvalue weighted by Crippen LogP contribution is 2.44. The second-order valence-electron chi connectivity index (χ2n) is 6.38. The minimum Gasteiger partial charge on any atom is -0.492 e. The summed E-state index contributed by atoms with van der Waals surface area (Å²) in [6.45, 7) is 5.54. The van der Waals surface area contributed by atoms with Crippen LogP contribution in [0.4, 0.5) is 11.4 Å². The van der Waals surface area contributed by atoms with Crippen molar-refractivity contribution in [3.8, 4) is 5.75 Å². The van der Waals surface area contributed by atoms with Crippen molar-refractivity contribution < 1.29 is 9.53 Å². The Morgan fingerprint density at radius 1 is 1.33 bits per heavy atom. The van der Waals surface area contributed by atoms with Crippen molar-refractivity contribution in [2.45, 2.75) is 39.5 Å². The molecule has 1 aromatic carbocycles. The van der Waals surface area contributed by atoms with E-state index in [1.54, 1.807) is 0 Å². The van der Waals surface area contributed by atoms with Crippen molar-refractivity contribution >= 4 is 17.3 Å². The summed E-state index contributed by atoms with van der Waals surface area (Å²) in [6, 6.07) is 5.87. The molecule has 0 atom stereocenters. The van der Waals surface area contributed by atoms with Crippen LogP contribution in [0.3, 0.4) is 0 Å². The third-order valence-corrected chi connectivity index (χ3v) is 4.89. The molecule has 4 heteroatoms. The number of hydrogen-bond donors (Lipinski definition) is 2. The molecule has 0 aromatic heterocycles. The van der Waals surface area contributed by atoms with Gasteiger partial charge >= 0.3 is 0 Å². The molecule has 0 bridgehead atoms. The van der Waals surface area contributed by atoms with Crippen molar-refractivity contribution in [2.24, 2.45) is 11.3 Å². The number of fused-ring (bicyclic) bond motifs is 1. The fourth-order valence-corrected chi connectivity index (χ4v) is 3.39. The molecule has 1 aliphatic carbocycles. The van der Waals surface area contributed by atoms with Gasteiger partial charge in [-0.2, -0.15) is 0 Å². The van der Waals surface area contributed by atoms with E-state index in [1.807, 2.05) is 25.1 Å². The van der Waals surface area contributed by atoms with E-state index < -0.39 is 0 Å². The smallest absolute Gasteiger partial charge is 0.232 e. The molecule has 0 saturated heterocycles. The van der Waals surface area contributed by atoms with Crippen LogP contribution >= 0.6 is 0 Å². The molecular formula is C17H24N2O2. The van der Waals surface area contributed by atoms with Crippen LogP contribution in [-0.2, 0) is 4.79 Å². The zero-order valence-electron chi connectivity index (χ0n) is 12.9. The molecule has 0 unspecified atom stereocenters. The molecule has 3 rings (SSSR count). The highest BCUT2D eigenvalue weighted by Gasteiger charge is 2.42. The van der Waals surface area contributed by atoms with Gasteiger partial charge in [0.2, 0.25) is 5.91 Å². The average molecular weight is 288 g/mol. The number of anilines is 2. The molecule has 2 aliphatic rings. The summed E-state index contributed by atoms with van der Waals surface area (Å²) in [6.07, 6.45) is 4.18. The van der Waals surface area contributed by atoms with Crippen LogP contribution in [-0.4, -0.2) is 19.1 Å². The summed E-state index contributed by atoms with van der Waals surface area (Å²) < 4.78 is 5.65. The van der Waals surface area contributed by atoms with E-state index in [0.717, 1.165) is 48.7 Å². The minimum atomic E-state index is -0.269. The first-order chi connectivity index (χ1) is 10.1. The fraction of sp³-hybridized carbons (Fsp3) is 0.588. The Balaban J connectivity index is 1.89. The van der Waals surface area contributed by atoms with Crippen molar-refractivity contribution in [2.75, 3.05) is 23.8 Å². The summed E-state index contributed by atoms with van der Waals surface area (Å²) in [7, 11) is 0. The van der Waals surface area contributed by atoms with Crippen molar-refractivity contribution in [1.29, 1.82) is 0 Å². The third-order valence-electron chi connectivity index (χ3n) is 4.89. The number of para-hydroxylation sites is 1. The first-order valence-corrected chi connectivity index (χ1v) is 7.96. The Morgan fingerprint density at radius 3 is 2.81 bits per heavy atom. The molecule has 114 valence electrons. The zero-order valence-corrected chi connectivity index (χ0v) is 12.9. The maximum absolute atomic E-state index is 12.8. The molecule has 1 saturated carbocycles. The van der Waals surface area contributed by atoms with E-state index in [4.69, 9.17) is 4.74 Å². The highest BCUT2D eigenvalue weighted by atomic mass is 16.5. The van der Waals surface area contributed by atoms with Gasteiger partial charge in [-0.15, -0.1) is 0 Å². The molecule has 21 heavy (non-hydrogen) atoms. The van der Waals surface area contributed by atoms with Gasteiger partial charge in [0.1, 0.15) is 11.4 Å². The first kappa shape index (κ1) is 14.2. The Bertz CT molecular complexity index is 534. The number of hydrogen-bond acceptors (Lipinski definition) is 3. The van der Waals surface area contributed by atoms with Gasteiger partial charge < -0.3 is 15.4 Å². The predicted octanol–water partition coefficient (Wildman–Crippen LogP) is 3.65. The zero-order chi connectivity index (χ0) is 14.9. The Kier molecular flexibility index (Phi) is 3.79. The van der Waals surface area contributed by atoms with Crippen LogP contribution in [0.1, 0.15) is 39.5 Å². The van der Waals surface area contributed by atoms with Crippen LogP contribution in [0.25, 0.3) is 0 Å². The van der Waals surface area contributed by atoms with Gasteiger partial charge in [0, 0.05) is 6.54 Å². The first-order valence-electron chi connectivity index (χ1n) is 7.96. The van der Waals surface area contributed by atoms with Gasteiger partial charge in [0.05, 0.1) is 17.7 Å². The number of benzene rings is 1. The number of carbonyl (C=O) groups is 1. The molecular weight excluding hydrogens is 264 g/mol. The second-order valence-corrected chi connectivity index (χ2v) is 6.38. The van der Waals surface area contributed by atoms with Crippen molar-refractivity contribution in [1.82, 2.24) is 0 Å². The standard InChI is InChI=1S/C17H24N2O2/c1-3-21-14-6-4-5-13-15(14)19-16(20)17(11-18-13)9-7-12(2)8-10-17/h4-6,12,18H,3,7-11H2,1-2H3,(H,19,20). The molecule has 2 N–H and O–H groups in total. The number of ether oxygens (including phenoxy) is 1. The summed E-state index contributed by atoms with van der Waals surface area (Å²) in [5.74, 6) is 1.62. The van der Waals surface area contributed by atoms with Crippen LogP contribution in [0.2, 0.25) is 0 Å². The molecule has 4 nitrogen and oxygen atoms in total. The lowest BCUT2D eigenvalue weighted by molar-refractivity contribution is -0.126. The van der Waals surface area contributed by atoms with Gasteiger partial charge in [-0.1, -0.05) is 13.0 Å². The van der Waals surface area contributed by atoms with E-state index in [-0.39, 0.29) is 11.3 Å². The molecule has 0 radical (unpaired) electrons. The SMILES string of the molecule is CCOc1cccc2c1NC(=O)C1(CCC(C)CC1)CN2. The Hall–Kier alpha value is -1.71. The number of nitrogens with one attached hydrogen (secondary N) is 2. The summed E-state index contributed by atoms with van der Waals surface area (Å²) in [5.41, 5.74) is 1.49. The van der Waals surface area contributed by atoms with Gasteiger partial charge in [-0.25, -0.2) is 0 Å². The molecule has 1 spiro atoms. The van der Waals surface area contributed by atoms with E-state index in [2.05, 4.69) is 17.6 Å². The van der Waals surface area contributed by atoms with Gasteiger partial charge in [0.15, 0.2) is 0 Å². The maximum Gasteiger partial charge on any atom is 0.232 e. The van der Waals surface area contributed by atoms with Gasteiger partial charge in [-0.3, -0.25) is 4.79 Å². The summed E-state index contributed by atoms with van der Waals surface area (Å²) >= 11 is 0. The molecule has 1 fully saturated rings. The number of amides is 1. The van der Waals surface area contributed by atoms with Crippen LogP contribution in [0.5, 0.6) is 5.75 Å². The number of carbonyl (C=O) groups excluding carboxylic acids is 1.